The van der Waals surface area contributed by atoms with Gasteiger partial charge in [-0.2, -0.15) is 0 Å². The summed E-state index contributed by atoms with van der Waals surface area (Å²) in [5.74, 6) is 0.0591. The van der Waals surface area contributed by atoms with Crippen molar-refractivity contribution in [3.63, 3.8) is 0 Å². The molecule has 1 amide bonds. The van der Waals surface area contributed by atoms with Gasteiger partial charge in [0.15, 0.2) is 0 Å². The highest BCUT2D eigenvalue weighted by molar-refractivity contribution is 5.79. The molecule has 17 heavy (non-hydrogen) atoms. The fourth-order valence-electron chi connectivity index (χ4n) is 3.06. The first-order chi connectivity index (χ1) is 8.16. The Bertz CT molecular complexity index is 289. The molecule has 4 heteroatoms. The number of hydrogen-bond donors (Lipinski definition) is 1. The van der Waals surface area contributed by atoms with E-state index in [-0.39, 0.29) is 18.3 Å². The number of likely N-dealkylation sites (tertiary alicyclic amines) is 1. The summed E-state index contributed by atoms with van der Waals surface area (Å²) in [6.07, 6.45) is 6.11. The molecule has 0 bridgehead atoms. The first-order valence-corrected chi connectivity index (χ1v) is 6.67. The van der Waals surface area contributed by atoms with Crippen molar-refractivity contribution < 1.29 is 14.7 Å². The van der Waals surface area contributed by atoms with Crippen LogP contribution >= 0.6 is 0 Å². The number of aliphatic carboxylic acids is 1. The number of carbonyl (C=O) groups is 2. The third-order valence-electron chi connectivity index (χ3n) is 4.08. The maximum absolute atomic E-state index is 12.1. The number of carboxylic acid groups (broad SMARTS) is 1. The zero-order valence-electron chi connectivity index (χ0n) is 10.2. The molecule has 0 aromatic rings. The fourth-order valence-corrected chi connectivity index (χ4v) is 3.06. The van der Waals surface area contributed by atoms with Crippen LogP contribution < -0.4 is 0 Å². The van der Waals surface area contributed by atoms with Gasteiger partial charge in [0.25, 0.3) is 0 Å². The third kappa shape index (κ3) is 3.20. The minimum Gasteiger partial charge on any atom is -0.481 e. The van der Waals surface area contributed by atoms with E-state index in [2.05, 4.69) is 0 Å². The van der Waals surface area contributed by atoms with E-state index in [9.17, 15) is 9.59 Å². The molecule has 1 saturated carbocycles. The van der Waals surface area contributed by atoms with Gasteiger partial charge in [0.05, 0.1) is 0 Å². The van der Waals surface area contributed by atoms with Crippen LogP contribution in [0.5, 0.6) is 0 Å². The highest BCUT2D eigenvalue weighted by Crippen LogP contribution is 2.32. The van der Waals surface area contributed by atoms with Gasteiger partial charge in [0, 0.05) is 25.4 Å². The second kappa shape index (κ2) is 5.52. The molecule has 2 fully saturated rings. The predicted octanol–water partition coefficient (Wildman–Crippen LogP) is 1.89. The molecule has 0 aromatic carbocycles. The van der Waals surface area contributed by atoms with E-state index in [0.717, 1.165) is 51.6 Å². The molecule has 0 radical (unpaired) electrons. The molecule has 0 unspecified atom stereocenters. The molecule has 0 atom stereocenters. The summed E-state index contributed by atoms with van der Waals surface area (Å²) in [6.45, 7) is 1.85. The number of carbonyl (C=O) groups excluding carboxylic acids is 1. The molecule has 0 aromatic heterocycles. The summed E-state index contributed by atoms with van der Waals surface area (Å²) < 4.78 is 0. The van der Waals surface area contributed by atoms with Crippen molar-refractivity contribution in [2.75, 3.05) is 13.1 Å². The van der Waals surface area contributed by atoms with Crippen molar-refractivity contribution in [3.05, 3.63) is 0 Å². The first kappa shape index (κ1) is 12.4. The Labute approximate surface area is 102 Å². The number of carboxylic acids is 1. The van der Waals surface area contributed by atoms with E-state index in [1.165, 1.54) is 0 Å². The summed E-state index contributed by atoms with van der Waals surface area (Å²) in [4.78, 5) is 24.7. The SMILES string of the molecule is O=C(O)CC1CCC(C(=O)N2CCCC2)CC1. The van der Waals surface area contributed by atoms with E-state index in [4.69, 9.17) is 5.11 Å². The van der Waals surface area contributed by atoms with E-state index in [1.807, 2.05) is 4.90 Å². The normalized spacial score (nSPS) is 29.3. The number of amides is 1. The quantitative estimate of drug-likeness (QED) is 0.818. The second-order valence-corrected chi connectivity index (χ2v) is 5.35. The van der Waals surface area contributed by atoms with Crippen molar-refractivity contribution in [3.8, 4) is 0 Å². The van der Waals surface area contributed by atoms with Crippen molar-refractivity contribution >= 4 is 11.9 Å². The monoisotopic (exact) mass is 239 g/mol. The molecule has 1 heterocycles. The van der Waals surface area contributed by atoms with Crippen LogP contribution in [0.15, 0.2) is 0 Å². The van der Waals surface area contributed by atoms with Crippen molar-refractivity contribution in [1.82, 2.24) is 4.90 Å². The van der Waals surface area contributed by atoms with Gasteiger partial charge in [-0.25, -0.2) is 0 Å². The topological polar surface area (TPSA) is 57.6 Å². The Morgan fingerprint density at radius 2 is 1.65 bits per heavy atom. The van der Waals surface area contributed by atoms with E-state index in [1.54, 1.807) is 0 Å². The van der Waals surface area contributed by atoms with E-state index in [0.29, 0.717) is 5.91 Å². The molecular formula is C13H21NO3. The van der Waals surface area contributed by atoms with Gasteiger partial charge >= 0.3 is 5.97 Å². The van der Waals surface area contributed by atoms with Crippen LogP contribution in [-0.4, -0.2) is 35.0 Å². The van der Waals surface area contributed by atoms with Crippen LogP contribution in [0.3, 0.4) is 0 Å². The number of hydrogen-bond acceptors (Lipinski definition) is 2. The number of rotatable bonds is 3. The first-order valence-electron chi connectivity index (χ1n) is 6.67. The molecule has 1 aliphatic carbocycles. The van der Waals surface area contributed by atoms with Gasteiger partial charge < -0.3 is 10.0 Å². The van der Waals surface area contributed by atoms with Crippen molar-refractivity contribution in [1.29, 1.82) is 0 Å². The molecular weight excluding hydrogens is 218 g/mol. The second-order valence-electron chi connectivity index (χ2n) is 5.35. The highest BCUT2D eigenvalue weighted by Gasteiger charge is 2.30. The van der Waals surface area contributed by atoms with Gasteiger partial charge in [-0.05, 0) is 44.4 Å². The van der Waals surface area contributed by atoms with Gasteiger partial charge in [-0.15, -0.1) is 0 Å². The van der Waals surface area contributed by atoms with Crippen molar-refractivity contribution in [2.24, 2.45) is 11.8 Å². The largest absolute Gasteiger partial charge is 0.481 e. The van der Waals surface area contributed by atoms with Gasteiger partial charge in [-0.3, -0.25) is 9.59 Å². The smallest absolute Gasteiger partial charge is 0.303 e. The Kier molecular flexibility index (Phi) is 4.02. The van der Waals surface area contributed by atoms with Gasteiger partial charge in [0.1, 0.15) is 0 Å². The molecule has 1 saturated heterocycles. The third-order valence-corrected chi connectivity index (χ3v) is 4.08. The maximum Gasteiger partial charge on any atom is 0.303 e. The molecule has 96 valence electrons. The summed E-state index contributed by atoms with van der Waals surface area (Å²) >= 11 is 0. The van der Waals surface area contributed by atoms with Crippen LogP contribution in [0, 0.1) is 11.8 Å². The standard InChI is InChI=1S/C13H21NO3/c15-12(16)9-10-3-5-11(6-4-10)13(17)14-7-1-2-8-14/h10-11H,1-9H2,(H,15,16). The summed E-state index contributed by atoms with van der Waals surface area (Å²) in [5.41, 5.74) is 0. The summed E-state index contributed by atoms with van der Waals surface area (Å²) in [7, 11) is 0. The van der Waals surface area contributed by atoms with Crippen LogP contribution in [0.2, 0.25) is 0 Å². The lowest BCUT2D eigenvalue weighted by molar-refractivity contribution is -0.138. The van der Waals surface area contributed by atoms with Crippen molar-refractivity contribution in [2.45, 2.75) is 44.9 Å². The minimum atomic E-state index is -0.709. The van der Waals surface area contributed by atoms with Gasteiger partial charge in [-0.1, -0.05) is 0 Å². The molecule has 2 rings (SSSR count). The predicted molar refractivity (Wildman–Crippen MR) is 63.5 cm³/mol. The Balaban J connectivity index is 1.78. The highest BCUT2D eigenvalue weighted by atomic mass is 16.4. The fraction of sp³-hybridized carbons (Fsp3) is 0.846. The van der Waals surface area contributed by atoms with Crippen LogP contribution in [0.4, 0.5) is 0 Å². The molecule has 4 nitrogen and oxygen atoms in total. The lowest BCUT2D eigenvalue weighted by Gasteiger charge is -2.29. The van der Waals surface area contributed by atoms with Gasteiger partial charge in [0.2, 0.25) is 5.91 Å². The van der Waals surface area contributed by atoms with E-state index < -0.39 is 5.97 Å². The average molecular weight is 239 g/mol. The number of nitrogens with zero attached hydrogens (tertiary/aromatic N) is 1. The Morgan fingerprint density at radius 3 is 2.18 bits per heavy atom. The maximum atomic E-state index is 12.1. The molecule has 1 aliphatic heterocycles. The van der Waals surface area contributed by atoms with E-state index >= 15 is 0 Å². The Hall–Kier alpha value is -1.06. The summed E-state index contributed by atoms with van der Waals surface area (Å²) in [5, 5.41) is 8.74. The van der Waals surface area contributed by atoms with Crippen LogP contribution in [0.1, 0.15) is 44.9 Å². The average Bonchev–Trinajstić information content (AvgIpc) is 2.82. The molecule has 0 spiro atoms. The lowest BCUT2D eigenvalue weighted by atomic mass is 9.80. The Morgan fingerprint density at radius 1 is 1.06 bits per heavy atom. The minimum absolute atomic E-state index is 0.165. The lowest BCUT2D eigenvalue weighted by Crippen LogP contribution is -2.35. The van der Waals surface area contributed by atoms with Crippen LogP contribution in [0.25, 0.3) is 0 Å². The molecule has 1 N–H and O–H groups in total. The van der Waals surface area contributed by atoms with Crippen LogP contribution in [-0.2, 0) is 9.59 Å². The zero-order valence-corrected chi connectivity index (χ0v) is 10.2. The summed E-state index contributed by atoms with van der Waals surface area (Å²) in [6, 6.07) is 0. The molecule has 2 aliphatic rings. The zero-order chi connectivity index (χ0) is 12.3.